The first-order chi connectivity index (χ1) is 11.4. The largest absolute Gasteiger partial charge is 0.360 e. The Balaban J connectivity index is 1.68. The normalized spacial score (nSPS) is 17.3. The Kier molecular flexibility index (Phi) is 4.96. The first-order valence-electron chi connectivity index (χ1n) is 7.77. The molecule has 1 aromatic heterocycles. The number of aromatic nitrogens is 1. The molecule has 6 nitrogen and oxygen atoms in total. The van der Waals surface area contributed by atoms with Gasteiger partial charge in [-0.1, -0.05) is 22.8 Å². The van der Waals surface area contributed by atoms with E-state index < -0.39 is 10.0 Å². The van der Waals surface area contributed by atoms with E-state index in [1.807, 2.05) is 13.0 Å². The molecule has 2 aromatic rings. The summed E-state index contributed by atoms with van der Waals surface area (Å²) in [5.74, 6) is 0.800. The Hall–Kier alpha value is -1.41. The number of nitrogens with zero attached hydrogens (tertiary/aromatic N) is 3. The maximum atomic E-state index is 12.8. The minimum atomic E-state index is -3.52. The Morgan fingerprint density at radius 3 is 2.50 bits per heavy atom. The van der Waals surface area contributed by atoms with Gasteiger partial charge in [-0.15, -0.1) is 0 Å². The Morgan fingerprint density at radius 1 is 1.17 bits per heavy atom. The first kappa shape index (κ1) is 17.4. The number of hydrogen-bond donors (Lipinski definition) is 0. The Morgan fingerprint density at radius 2 is 1.88 bits per heavy atom. The standard InChI is InChI=1S/C16H20ClN3O3S/c1-12-3-4-14(17)10-16(12)24(21,22)20-7-5-19(6-8-20)11-15-9-13(2)18-23-15/h3-4,9-10H,5-8,11H2,1-2H3. The molecule has 24 heavy (non-hydrogen) atoms. The lowest BCUT2D eigenvalue weighted by molar-refractivity contribution is 0.166. The second-order valence-corrected chi connectivity index (χ2v) is 8.37. The van der Waals surface area contributed by atoms with E-state index in [1.54, 1.807) is 19.1 Å². The summed E-state index contributed by atoms with van der Waals surface area (Å²) in [5.41, 5.74) is 1.56. The number of halogens is 1. The van der Waals surface area contributed by atoms with Crippen LogP contribution in [0, 0.1) is 13.8 Å². The van der Waals surface area contributed by atoms with Crippen molar-refractivity contribution in [2.45, 2.75) is 25.3 Å². The van der Waals surface area contributed by atoms with E-state index in [0.29, 0.717) is 43.3 Å². The highest BCUT2D eigenvalue weighted by molar-refractivity contribution is 7.89. The molecule has 0 bridgehead atoms. The third-order valence-corrected chi connectivity index (χ3v) is 6.43. The fourth-order valence-corrected chi connectivity index (χ4v) is 4.74. The smallest absolute Gasteiger partial charge is 0.243 e. The number of piperazine rings is 1. The van der Waals surface area contributed by atoms with E-state index in [9.17, 15) is 8.42 Å². The van der Waals surface area contributed by atoms with Crippen LogP contribution in [0.2, 0.25) is 5.02 Å². The predicted molar refractivity (Wildman–Crippen MR) is 91.5 cm³/mol. The summed E-state index contributed by atoms with van der Waals surface area (Å²) in [6.45, 7) is 6.50. The van der Waals surface area contributed by atoms with Crippen molar-refractivity contribution in [1.82, 2.24) is 14.4 Å². The van der Waals surface area contributed by atoms with E-state index >= 15 is 0 Å². The number of benzene rings is 1. The lowest BCUT2D eigenvalue weighted by Gasteiger charge is -2.33. The van der Waals surface area contributed by atoms with Gasteiger partial charge >= 0.3 is 0 Å². The Labute approximate surface area is 147 Å². The average Bonchev–Trinajstić information content (AvgIpc) is 2.95. The van der Waals surface area contributed by atoms with Gasteiger partial charge in [0.1, 0.15) is 0 Å². The van der Waals surface area contributed by atoms with Crippen LogP contribution in [-0.4, -0.2) is 49.0 Å². The second-order valence-electron chi connectivity index (χ2n) is 6.02. The summed E-state index contributed by atoms with van der Waals surface area (Å²) in [6, 6.07) is 6.86. The molecule has 0 spiro atoms. The molecule has 1 aliphatic rings. The van der Waals surface area contributed by atoms with Gasteiger partial charge < -0.3 is 4.52 Å². The van der Waals surface area contributed by atoms with Gasteiger partial charge in [0, 0.05) is 37.3 Å². The molecule has 0 atom stereocenters. The van der Waals surface area contributed by atoms with Crippen LogP contribution in [0.4, 0.5) is 0 Å². The van der Waals surface area contributed by atoms with Crippen molar-refractivity contribution in [2.24, 2.45) is 0 Å². The summed E-state index contributed by atoms with van der Waals surface area (Å²) in [6.07, 6.45) is 0. The molecule has 1 aromatic carbocycles. The highest BCUT2D eigenvalue weighted by atomic mass is 35.5. The lowest BCUT2D eigenvalue weighted by atomic mass is 10.2. The van der Waals surface area contributed by atoms with Crippen molar-refractivity contribution < 1.29 is 12.9 Å². The number of hydrogen-bond acceptors (Lipinski definition) is 5. The van der Waals surface area contributed by atoms with Crippen LogP contribution in [0.5, 0.6) is 0 Å². The topological polar surface area (TPSA) is 66.7 Å². The zero-order chi connectivity index (χ0) is 17.3. The van der Waals surface area contributed by atoms with Gasteiger partial charge in [0.25, 0.3) is 0 Å². The highest BCUT2D eigenvalue weighted by Crippen LogP contribution is 2.24. The zero-order valence-electron chi connectivity index (χ0n) is 13.7. The maximum absolute atomic E-state index is 12.8. The van der Waals surface area contributed by atoms with Crippen LogP contribution < -0.4 is 0 Å². The van der Waals surface area contributed by atoms with Crippen molar-refractivity contribution in [3.8, 4) is 0 Å². The van der Waals surface area contributed by atoms with Crippen molar-refractivity contribution in [3.63, 3.8) is 0 Å². The minimum absolute atomic E-state index is 0.286. The van der Waals surface area contributed by atoms with Gasteiger partial charge in [0.2, 0.25) is 10.0 Å². The van der Waals surface area contributed by atoms with Crippen LogP contribution in [0.1, 0.15) is 17.0 Å². The molecule has 3 rings (SSSR count). The molecule has 1 saturated heterocycles. The monoisotopic (exact) mass is 369 g/mol. The van der Waals surface area contributed by atoms with Crippen molar-refractivity contribution in [1.29, 1.82) is 0 Å². The molecule has 0 saturated carbocycles. The van der Waals surface area contributed by atoms with E-state index in [4.69, 9.17) is 16.1 Å². The molecular formula is C16H20ClN3O3S. The quantitative estimate of drug-likeness (QED) is 0.828. The summed E-state index contributed by atoms with van der Waals surface area (Å²) >= 11 is 5.97. The van der Waals surface area contributed by atoms with Crippen molar-refractivity contribution >= 4 is 21.6 Å². The fraction of sp³-hybridized carbons (Fsp3) is 0.438. The van der Waals surface area contributed by atoms with Gasteiger partial charge in [-0.05, 0) is 31.5 Å². The molecule has 1 aliphatic heterocycles. The fourth-order valence-electron chi connectivity index (χ4n) is 2.83. The minimum Gasteiger partial charge on any atom is -0.360 e. The molecule has 0 radical (unpaired) electrons. The first-order valence-corrected chi connectivity index (χ1v) is 9.59. The molecule has 0 N–H and O–H groups in total. The molecule has 0 unspecified atom stereocenters. The zero-order valence-corrected chi connectivity index (χ0v) is 15.3. The summed E-state index contributed by atoms with van der Waals surface area (Å²) in [7, 11) is -3.52. The SMILES string of the molecule is Cc1cc(CN2CCN(S(=O)(=O)c3cc(Cl)ccc3C)CC2)on1. The van der Waals surface area contributed by atoms with E-state index in [-0.39, 0.29) is 4.90 Å². The van der Waals surface area contributed by atoms with Gasteiger partial charge in [-0.3, -0.25) is 4.90 Å². The number of aryl methyl sites for hydroxylation is 2. The molecular weight excluding hydrogens is 350 g/mol. The molecule has 130 valence electrons. The highest BCUT2D eigenvalue weighted by Gasteiger charge is 2.30. The average molecular weight is 370 g/mol. The number of rotatable bonds is 4. The predicted octanol–water partition coefficient (Wildman–Crippen LogP) is 2.45. The number of sulfonamides is 1. The van der Waals surface area contributed by atoms with Crippen LogP contribution in [0.25, 0.3) is 0 Å². The Bertz CT molecular complexity index is 827. The van der Waals surface area contributed by atoms with Crippen LogP contribution in [0.15, 0.2) is 33.7 Å². The van der Waals surface area contributed by atoms with Crippen molar-refractivity contribution in [3.05, 3.63) is 46.3 Å². The van der Waals surface area contributed by atoms with E-state index in [2.05, 4.69) is 10.1 Å². The molecule has 2 heterocycles. The molecule has 8 heteroatoms. The maximum Gasteiger partial charge on any atom is 0.243 e. The van der Waals surface area contributed by atoms with Gasteiger partial charge in [-0.25, -0.2) is 8.42 Å². The second kappa shape index (κ2) is 6.84. The van der Waals surface area contributed by atoms with Gasteiger partial charge in [-0.2, -0.15) is 4.31 Å². The summed E-state index contributed by atoms with van der Waals surface area (Å²) in [4.78, 5) is 2.45. The summed E-state index contributed by atoms with van der Waals surface area (Å²) < 4.78 is 32.4. The molecule has 0 amide bonds. The van der Waals surface area contributed by atoms with Crippen LogP contribution in [0.3, 0.4) is 0 Å². The third-order valence-electron chi connectivity index (χ3n) is 4.16. The van der Waals surface area contributed by atoms with Crippen molar-refractivity contribution in [2.75, 3.05) is 26.2 Å². The van der Waals surface area contributed by atoms with Crippen LogP contribution >= 0.6 is 11.6 Å². The van der Waals surface area contributed by atoms with E-state index in [1.165, 1.54) is 10.4 Å². The van der Waals surface area contributed by atoms with Gasteiger partial charge in [0.05, 0.1) is 17.1 Å². The summed E-state index contributed by atoms with van der Waals surface area (Å²) in [5, 5.41) is 4.30. The van der Waals surface area contributed by atoms with Gasteiger partial charge in [0.15, 0.2) is 5.76 Å². The molecule has 0 aliphatic carbocycles. The van der Waals surface area contributed by atoms with Crippen LogP contribution in [-0.2, 0) is 16.6 Å². The van der Waals surface area contributed by atoms with E-state index in [0.717, 1.165) is 11.5 Å². The molecule has 1 fully saturated rings. The lowest BCUT2D eigenvalue weighted by Crippen LogP contribution is -2.48. The third kappa shape index (κ3) is 3.64.